The number of nitrogens with zero attached hydrogens (tertiary/aromatic N) is 1. The number of amides is 1. The molecular formula is C15H20ClFN2O. The van der Waals surface area contributed by atoms with Gasteiger partial charge in [0, 0.05) is 13.1 Å². The lowest BCUT2D eigenvalue weighted by Crippen LogP contribution is -2.39. The van der Waals surface area contributed by atoms with Gasteiger partial charge in [0.2, 0.25) is 0 Å². The first kappa shape index (κ1) is 15.3. The number of likely N-dealkylation sites (tertiary alicyclic amines) is 1. The van der Waals surface area contributed by atoms with Crippen LogP contribution in [-0.2, 0) is 0 Å². The molecule has 1 aromatic rings. The van der Waals surface area contributed by atoms with E-state index in [0.29, 0.717) is 5.92 Å². The van der Waals surface area contributed by atoms with Crippen LogP contribution in [-0.4, -0.2) is 37.5 Å². The average Bonchev–Trinajstić information content (AvgIpc) is 2.48. The molecule has 0 aliphatic carbocycles. The van der Waals surface area contributed by atoms with Crippen molar-refractivity contribution in [3.63, 3.8) is 0 Å². The minimum Gasteiger partial charge on any atom is -0.339 e. The zero-order valence-corrected chi connectivity index (χ0v) is 12.4. The second-order valence-electron chi connectivity index (χ2n) is 5.23. The minimum absolute atomic E-state index is 0.0743. The Morgan fingerprint density at radius 2 is 2.15 bits per heavy atom. The Labute approximate surface area is 124 Å². The molecule has 3 nitrogen and oxygen atoms in total. The van der Waals surface area contributed by atoms with Gasteiger partial charge in [-0.3, -0.25) is 4.79 Å². The highest BCUT2D eigenvalue weighted by Gasteiger charge is 2.25. The summed E-state index contributed by atoms with van der Waals surface area (Å²) in [5, 5.41) is 3.07. The molecule has 1 saturated heterocycles. The van der Waals surface area contributed by atoms with Crippen LogP contribution in [0.1, 0.15) is 29.6 Å². The topological polar surface area (TPSA) is 32.3 Å². The van der Waals surface area contributed by atoms with E-state index in [1.165, 1.54) is 12.1 Å². The summed E-state index contributed by atoms with van der Waals surface area (Å²) in [6.07, 6.45) is 3.14. The second-order valence-corrected chi connectivity index (χ2v) is 5.61. The predicted molar refractivity (Wildman–Crippen MR) is 78.6 cm³/mol. The minimum atomic E-state index is -0.540. The van der Waals surface area contributed by atoms with Crippen LogP contribution in [0.4, 0.5) is 4.39 Å². The molecule has 0 spiro atoms. The number of benzene rings is 1. The quantitative estimate of drug-likeness (QED) is 0.927. The molecule has 1 fully saturated rings. The molecule has 0 atom stereocenters. The number of carbonyl (C=O) groups is 1. The van der Waals surface area contributed by atoms with Crippen molar-refractivity contribution in [3.8, 4) is 0 Å². The highest BCUT2D eigenvalue weighted by molar-refractivity contribution is 6.34. The van der Waals surface area contributed by atoms with Gasteiger partial charge in [0.25, 0.3) is 5.91 Å². The lowest BCUT2D eigenvalue weighted by molar-refractivity contribution is 0.0687. The van der Waals surface area contributed by atoms with Gasteiger partial charge < -0.3 is 10.2 Å². The van der Waals surface area contributed by atoms with E-state index < -0.39 is 5.82 Å². The van der Waals surface area contributed by atoms with Crippen molar-refractivity contribution in [2.75, 3.05) is 26.7 Å². The zero-order chi connectivity index (χ0) is 14.5. The highest BCUT2D eigenvalue weighted by atomic mass is 35.5. The van der Waals surface area contributed by atoms with Gasteiger partial charge in [-0.25, -0.2) is 4.39 Å². The Morgan fingerprint density at radius 1 is 1.45 bits per heavy atom. The third-order valence-electron chi connectivity index (χ3n) is 3.89. The SMILES string of the molecule is CNCCC1CCN(C(=O)c2cccc(F)c2Cl)CC1. The maximum absolute atomic E-state index is 13.4. The molecule has 1 aliphatic heterocycles. The molecule has 0 bridgehead atoms. The van der Waals surface area contributed by atoms with E-state index in [4.69, 9.17) is 11.6 Å². The molecule has 1 N–H and O–H groups in total. The number of nitrogens with one attached hydrogen (secondary N) is 1. The monoisotopic (exact) mass is 298 g/mol. The van der Waals surface area contributed by atoms with Crippen LogP contribution in [0.25, 0.3) is 0 Å². The van der Waals surface area contributed by atoms with Gasteiger partial charge >= 0.3 is 0 Å². The number of halogens is 2. The van der Waals surface area contributed by atoms with Crippen LogP contribution in [0.5, 0.6) is 0 Å². The van der Waals surface area contributed by atoms with E-state index in [1.807, 2.05) is 7.05 Å². The van der Waals surface area contributed by atoms with E-state index in [2.05, 4.69) is 5.32 Å². The van der Waals surface area contributed by atoms with Crippen molar-refractivity contribution in [2.45, 2.75) is 19.3 Å². The fraction of sp³-hybridized carbons (Fsp3) is 0.533. The van der Waals surface area contributed by atoms with Crippen LogP contribution >= 0.6 is 11.6 Å². The fourth-order valence-electron chi connectivity index (χ4n) is 2.61. The summed E-state index contributed by atoms with van der Waals surface area (Å²) >= 11 is 5.87. The number of piperidine rings is 1. The molecule has 20 heavy (non-hydrogen) atoms. The van der Waals surface area contributed by atoms with E-state index in [9.17, 15) is 9.18 Å². The van der Waals surface area contributed by atoms with Crippen molar-refractivity contribution in [2.24, 2.45) is 5.92 Å². The van der Waals surface area contributed by atoms with Gasteiger partial charge in [0.05, 0.1) is 10.6 Å². The molecule has 5 heteroatoms. The van der Waals surface area contributed by atoms with Crippen molar-refractivity contribution in [1.82, 2.24) is 10.2 Å². The van der Waals surface area contributed by atoms with Crippen LogP contribution < -0.4 is 5.32 Å². The summed E-state index contributed by atoms with van der Waals surface area (Å²) in [7, 11) is 1.95. The van der Waals surface area contributed by atoms with E-state index in [0.717, 1.165) is 38.9 Å². The first-order chi connectivity index (χ1) is 9.63. The van der Waals surface area contributed by atoms with Crippen LogP contribution in [0, 0.1) is 11.7 Å². The molecule has 1 aromatic carbocycles. The summed E-state index contributed by atoms with van der Waals surface area (Å²) in [5.41, 5.74) is 0.264. The van der Waals surface area contributed by atoms with Gasteiger partial charge in [-0.15, -0.1) is 0 Å². The standard InChI is InChI=1S/C15H20ClFN2O/c1-18-8-5-11-6-9-19(10-7-11)15(20)12-3-2-4-13(17)14(12)16/h2-4,11,18H,5-10H2,1H3. The molecule has 1 heterocycles. The molecule has 0 aromatic heterocycles. The Hall–Kier alpha value is -1.13. The molecular weight excluding hydrogens is 279 g/mol. The molecule has 1 amide bonds. The fourth-order valence-corrected chi connectivity index (χ4v) is 2.82. The zero-order valence-electron chi connectivity index (χ0n) is 11.7. The first-order valence-corrected chi connectivity index (χ1v) is 7.39. The highest BCUT2D eigenvalue weighted by Crippen LogP contribution is 2.25. The average molecular weight is 299 g/mol. The van der Waals surface area contributed by atoms with Gasteiger partial charge in [-0.2, -0.15) is 0 Å². The summed E-state index contributed by atoms with van der Waals surface area (Å²) in [6, 6.07) is 4.37. The summed E-state index contributed by atoms with van der Waals surface area (Å²) in [6.45, 7) is 2.45. The van der Waals surface area contributed by atoms with Gasteiger partial charge in [-0.1, -0.05) is 17.7 Å². The van der Waals surface area contributed by atoms with Crippen LogP contribution in [0.15, 0.2) is 18.2 Å². The molecule has 0 radical (unpaired) electrons. The Balaban J connectivity index is 1.96. The summed E-state index contributed by atoms with van der Waals surface area (Å²) in [4.78, 5) is 14.1. The first-order valence-electron chi connectivity index (χ1n) is 7.01. The molecule has 2 rings (SSSR count). The lowest BCUT2D eigenvalue weighted by Gasteiger charge is -2.32. The van der Waals surface area contributed by atoms with Gasteiger partial charge in [0.15, 0.2) is 0 Å². The maximum Gasteiger partial charge on any atom is 0.255 e. The Kier molecular flexibility index (Phi) is 5.38. The number of rotatable bonds is 4. The Bertz CT molecular complexity index is 473. The van der Waals surface area contributed by atoms with Gasteiger partial charge in [-0.05, 0) is 50.9 Å². The second kappa shape index (κ2) is 7.04. The maximum atomic E-state index is 13.4. The predicted octanol–water partition coefficient (Wildman–Crippen LogP) is 2.94. The number of hydrogen-bond donors (Lipinski definition) is 1. The number of hydrogen-bond acceptors (Lipinski definition) is 2. The van der Waals surface area contributed by atoms with E-state index >= 15 is 0 Å². The summed E-state index contributed by atoms with van der Waals surface area (Å²) in [5.74, 6) is -0.0440. The largest absolute Gasteiger partial charge is 0.339 e. The van der Waals surface area contributed by atoms with Gasteiger partial charge in [0.1, 0.15) is 5.82 Å². The third kappa shape index (κ3) is 3.49. The van der Waals surface area contributed by atoms with Crippen LogP contribution in [0.2, 0.25) is 5.02 Å². The van der Waals surface area contributed by atoms with Crippen molar-refractivity contribution in [3.05, 3.63) is 34.6 Å². The molecule has 0 saturated carbocycles. The van der Waals surface area contributed by atoms with E-state index in [-0.39, 0.29) is 16.5 Å². The van der Waals surface area contributed by atoms with Crippen molar-refractivity contribution < 1.29 is 9.18 Å². The van der Waals surface area contributed by atoms with Crippen molar-refractivity contribution in [1.29, 1.82) is 0 Å². The normalized spacial score (nSPS) is 16.4. The van der Waals surface area contributed by atoms with Crippen molar-refractivity contribution >= 4 is 17.5 Å². The third-order valence-corrected chi connectivity index (χ3v) is 4.27. The smallest absolute Gasteiger partial charge is 0.255 e. The Morgan fingerprint density at radius 3 is 2.80 bits per heavy atom. The molecule has 110 valence electrons. The number of carbonyl (C=O) groups excluding carboxylic acids is 1. The van der Waals surface area contributed by atoms with Crippen LogP contribution in [0.3, 0.4) is 0 Å². The van der Waals surface area contributed by atoms with E-state index in [1.54, 1.807) is 11.0 Å². The molecule has 1 aliphatic rings. The molecule has 0 unspecified atom stereocenters. The summed E-state index contributed by atoms with van der Waals surface area (Å²) < 4.78 is 13.4. The lowest BCUT2D eigenvalue weighted by atomic mass is 9.93.